The van der Waals surface area contributed by atoms with E-state index in [9.17, 15) is 0 Å². The normalized spacial score (nSPS) is 10.8. The summed E-state index contributed by atoms with van der Waals surface area (Å²) in [7, 11) is 0. The van der Waals surface area contributed by atoms with E-state index < -0.39 is 0 Å². The molecule has 0 radical (unpaired) electrons. The Morgan fingerprint density at radius 2 is 1.84 bits per heavy atom. The molecule has 0 aliphatic heterocycles. The van der Waals surface area contributed by atoms with E-state index in [0.29, 0.717) is 11.6 Å². The van der Waals surface area contributed by atoms with Gasteiger partial charge in [-0.25, -0.2) is 0 Å². The summed E-state index contributed by atoms with van der Waals surface area (Å²) in [5.74, 6) is 1.10. The molecule has 1 aromatic carbocycles. The molecule has 0 spiro atoms. The summed E-state index contributed by atoms with van der Waals surface area (Å²) >= 11 is 8.46. The zero-order valence-corrected chi connectivity index (χ0v) is 13.5. The zero-order chi connectivity index (χ0) is 13.4. The van der Waals surface area contributed by atoms with E-state index in [-0.39, 0.29) is 0 Å². The average Bonchev–Trinajstić information content (AvgIpc) is 2.97. The van der Waals surface area contributed by atoms with Crippen molar-refractivity contribution in [3.63, 3.8) is 0 Å². The molecular weight excluding hydrogens is 392 g/mol. The van der Waals surface area contributed by atoms with Crippen LogP contribution in [-0.2, 0) is 0 Å². The summed E-state index contributed by atoms with van der Waals surface area (Å²) in [4.78, 5) is 0. The summed E-state index contributed by atoms with van der Waals surface area (Å²) in [6.45, 7) is 0. The van der Waals surface area contributed by atoms with E-state index >= 15 is 0 Å². The lowest BCUT2D eigenvalue weighted by atomic mass is 10.0. The number of nitrogens with zero attached hydrogens (tertiary/aromatic N) is 1. The van der Waals surface area contributed by atoms with Gasteiger partial charge in [-0.1, -0.05) is 33.2 Å². The molecule has 0 unspecified atom stereocenters. The Hall–Kier alpha value is -1.11. The molecule has 2 N–H and O–H groups in total. The highest BCUT2D eigenvalue weighted by atomic mass is 79.9. The van der Waals surface area contributed by atoms with Crippen molar-refractivity contribution >= 4 is 49.0 Å². The molecule has 2 heterocycles. The van der Waals surface area contributed by atoms with E-state index in [1.165, 1.54) is 0 Å². The maximum Gasteiger partial charge on any atom is 0.177 e. The standard InChI is InChI=1S/C13H8Br2N2OS/c14-9-3-1-7(2-4-9)11-12(18-17-13(11)16)8-5-10(15)19-6-8/h1-6H,(H2,16,17). The number of hydrogen-bond donors (Lipinski definition) is 1. The van der Waals surface area contributed by atoms with Crippen molar-refractivity contribution in [1.29, 1.82) is 0 Å². The molecule has 0 saturated carbocycles. The molecule has 0 bridgehead atoms. The molecule has 0 atom stereocenters. The van der Waals surface area contributed by atoms with Crippen LogP contribution in [0.5, 0.6) is 0 Å². The Labute approximate surface area is 130 Å². The molecular formula is C13H8Br2N2OS. The summed E-state index contributed by atoms with van der Waals surface area (Å²) in [6.07, 6.45) is 0. The van der Waals surface area contributed by atoms with E-state index in [0.717, 1.165) is 24.9 Å². The van der Waals surface area contributed by atoms with Crippen LogP contribution < -0.4 is 5.73 Å². The van der Waals surface area contributed by atoms with Crippen LogP contribution in [0.4, 0.5) is 5.82 Å². The maximum atomic E-state index is 5.93. The molecule has 0 fully saturated rings. The minimum absolute atomic E-state index is 0.402. The van der Waals surface area contributed by atoms with Crippen molar-refractivity contribution in [2.75, 3.05) is 5.73 Å². The van der Waals surface area contributed by atoms with E-state index in [2.05, 4.69) is 37.0 Å². The molecule has 0 aliphatic carbocycles. The number of halogens is 2. The molecule has 2 aromatic heterocycles. The van der Waals surface area contributed by atoms with Gasteiger partial charge in [-0.3, -0.25) is 0 Å². The molecule has 96 valence electrons. The van der Waals surface area contributed by atoms with Crippen molar-refractivity contribution in [2.24, 2.45) is 0 Å². The van der Waals surface area contributed by atoms with E-state index in [1.54, 1.807) is 11.3 Å². The van der Waals surface area contributed by atoms with Crippen LogP contribution in [0, 0.1) is 0 Å². The second kappa shape index (κ2) is 5.11. The maximum absolute atomic E-state index is 5.93. The Balaban J connectivity index is 2.16. The van der Waals surface area contributed by atoms with Gasteiger partial charge < -0.3 is 10.3 Å². The van der Waals surface area contributed by atoms with Gasteiger partial charge in [0.05, 0.1) is 9.35 Å². The Morgan fingerprint density at radius 1 is 1.11 bits per heavy atom. The Morgan fingerprint density at radius 3 is 2.47 bits per heavy atom. The third kappa shape index (κ3) is 2.48. The monoisotopic (exact) mass is 398 g/mol. The van der Waals surface area contributed by atoms with Crippen LogP contribution in [0.1, 0.15) is 0 Å². The summed E-state index contributed by atoms with van der Waals surface area (Å²) in [6, 6.07) is 9.90. The zero-order valence-electron chi connectivity index (χ0n) is 9.56. The SMILES string of the molecule is Nc1noc(-c2csc(Br)c2)c1-c1ccc(Br)cc1. The number of thiophene rings is 1. The number of rotatable bonds is 2. The smallest absolute Gasteiger partial charge is 0.177 e. The molecule has 3 nitrogen and oxygen atoms in total. The molecule has 6 heteroatoms. The predicted molar refractivity (Wildman–Crippen MR) is 85.1 cm³/mol. The molecule has 0 amide bonds. The van der Waals surface area contributed by atoms with Gasteiger partial charge in [0.15, 0.2) is 11.6 Å². The first-order valence-electron chi connectivity index (χ1n) is 5.40. The Bertz CT molecular complexity index is 719. The van der Waals surface area contributed by atoms with Crippen LogP contribution in [-0.4, -0.2) is 5.16 Å². The number of hydrogen-bond acceptors (Lipinski definition) is 4. The van der Waals surface area contributed by atoms with Gasteiger partial charge in [0.25, 0.3) is 0 Å². The van der Waals surface area contributed by atoms with Crippen LogP contribution in [0.25, 0.3) is 22.5 Å². The number of nitrogen functional groups attached to an aromatic ring is 1. The third-order valence-corrected chi connectivity index (χ3v) is 4.71. The summed E-state index contributed by atoms with van der Waals surface area (Å²) < 4.78 is 7.44. The van der Waals surface area contributed by atoms with E-state index in [4.69, 9.17) is 10.3 Å². The topological polar surface area (TPSA) is 52.0 Å². The fraction of sp³-hybridized carbons (Fsp3) is 0. The molecule has 3 aromatic rings. The van der Waals surface area contributed by atoms with Gasteiger partial charge in [0.1, 0.15) is 0 Å². The van der Waals surface area contributed by atoms with Crippen LogP contribution in [0.15, 0.2) is 48.5 Å². The first kappa shape index (κ1) is 12.9. The molecule has 0 saturated heterocycles. The van der Waals surface area contributed by atoms with Crippen molar-refractivity contribution < 1.29 is 4.52 Å². The lowest BCUT2D eigenvalue weighted by Gasteiger charge is -2.01. The van der Waals surface area contributed by atoms with Gasteiger partial charge in [0.2, 0.25) is 0 Å². The highest BCUT2D eigenvalue weighted by Crippen LogP contribution is 2.39. The molecule has 19 heavy (non-hydrogen) atoms. The minimum atomic E-state index is 0.402. The van der Waals surface area contributed by atoms with Gasteiger partial charge in [-0.05, 0) is 39.7 Å². The van der Waals surface area contributed by atoms with Crippen molar-refractivity contribution in [3.8, 4) is 22.5 Å². The third-order valence-electron chi connectivity index (χ3n) is 2.68. The largest absolute Gasteiger partial charge is 0.380 e. The highest BCUT2D eigenvalue weighted by molar-refractivity contribution is 9.11. The van der Waals surface area contributed by atoms with E-state index in [1.807, 2.05) is 35.7 Å². The highest BCUT2D eigenvalue weighted by Gasteiger charge is 2.18. The van der Waals surface area contributed by atoms with Gasteiger partial charge in [-0.15, -0.1) is 11.3 Å². The van der Waals surface area contributed by atoms with Crippen molar-refractivity contribution in [2.45, 2.75) is 0 Å². The van der Waals surface area contributed by atoms with Crippen molar-refractivity contribution in [1.82, 2.24) is 5.16 Å². The Kier molecular flexibility index (Phi) is 3.47. The first-order valence-corrected chi connectivity index (χ1v) is 7.87. The fourth-order valence-corrected chi connectivity index (χ4v) is 3.23. The van der Waals surface area contributed by atoms with Gasteiger partial charge in [-0.2, -0.15) is 0 Å². The molecule has 0 aliphatic rings. The van der Waals surface area contributed by atoms with Gasteiger partial charge in [0, 0.05) is 15.4 Å². The second-order valence-corrected chi connectivity index (χ2v) is 7.12. The molecule has 3 rings (SSSR count). The number of benzene rings is 1. The van der Waals surface area contributed by atoms with Gasteiger partial charge >= 0.3 is 0 Å². The van der Waals surface area contributed by atoms with Crippen LogP contribution in [0.3, 0.4) is 0 Å². The fourth-order valence-electron chi connectivity index (χ4n) is 1.82. The summed E-state index contributed by atoms with van der Waals surface area (Å²) in [5, 5.41) is 5.89. The number of aromatic nitrogens is 1. The lowest BCUT2D eigenvalue weighted by Crippen LogP contribution is -1.88. The van der Waals surface area contributed by atoms with Crippen LogP contribution >= 0.6 is 43.2 Å². The second-order valence-electron chi connectivity index (χ2n) is 3.92. The lowest BCUT2D eigenvalue weighted by molar-refractivity contribution is 0.436. The number of anilines is 1. The predicted octanol–water partition coefficient (Wildman–Crippen LogP) is 5.18. The quantitative estimate of drug-likeness (QED) is 0.645. The summed E-state index contributed by atoms with van der Waals surface area (Å²) in [5.41, 5.74) is 8.72. The first-order chi connectivity index (χ1) is 9.15. The average molecular weight is 400 g/mol. The van der Waals surface area contributed by atoms with Crippen molar-refractivity contribution in [3.05, 3.63) is 44.0 Å². The number of nitrogens with two attached hydrogens (primary N) is 1. The van der Waals surface area contributed by atoms with Crippen LogP contribution in [0.2, 0.25) is 0 Å². The minimum Gasteiger partial charge on any atom is -0.380 e.